The van der Waals surface area contributed by atoms with Gasteiger partial charge in [-0.05, 0) is 62.4 Å². The van der Waals surface area contributed by atoms with Crippen molar-refractivity contribution in [2.45, 2.75) is 79.3 Å². The molecule has 10 heteroatoms. The molecule has 3 atom stereocenters. The molecule has 3 aromatic rings. The second-order valence-corrected chi connectivity index (χ2v) is 9.73. The maximum absolute atomic E-state index is 12.8. The zero-order valence-electron chi connectivity index (χ0n) is 24.7. The van der Waals surface area contributed by atoms with E-state index in [1.165, 1.54) is 0 Å². The van der Waals surface area contributed by atoms with Crippen LogP contribution in [-0.2, 0) is 14.4 Å². The highest BCUT2D eigenvalue weighted by Crippen LogP contribution is 2.31. The van der Waals surface area contributed by atoms with E-state index < -0.39 is 0 Å². The monoisotopic (exact) mass is 553 g/mol. The van der Waals surface area contributed by atoms with Crippen LogP contribution in [0.5, 0.6) is 5.88 Å². The third-order valence-corrected chi connectivity index (χ3v) is 6.70. The number of carbonyl (C=O) groups excluding carboxylic acids is 3. The molecule has 3 heterocycles. The van der Waals surface area contributed by atoms with Gasteiger partial charge in [-0.3, -0.25) is 14.4 Å². The molecule has 0 saturated carbocycles. The smallest absolute Gasteiger partial charge is 0.254 e. The van der Waals surface area contributed by atoms with Crippen molar-refractivity contribution in [3.05, 3.63) is 59.9 Å². The van der Waals surface area contributed by atoms with Crippen LogP contribution >= 0.6 is 0 Å². The fraction of sp³-hybridized carbons (Fsp3) is 0.500. The highest BCUT2D eigenvalue weighted by Gasteiger charge is 2.35. The molecule has 4 rings (SSSR count). The lowest BCUT2D eigenvalue weighted by atomic mass is 9.91. The summed E-state index contributed by atoms with van der Waals surface area (Å²) in [4.78, 5) is 39.5. The zero-order valence-corrected chi connectivity index (χ0v) is 24.7. The third kappa shape index (κ3) is 8.53. The Bertz CT molecular complexity index is 1190. The Morgan fingerprint density at radius 3 is 2.42 bits per heavy atom. The maximum Gasteiger partial charge on any atom is 0.254 e. The number of carbonyl (C=O) groups is 3. The number of aromatic nitrogens is 3. The molecule has 1 saturated heterocycles. The van der Waals surface area contributed by atoms with Gasteiger partial charge in [0.25, 0.3) is 5.88 Å². The Kier molecular flexibility index (Phi) is 13.1. The van der Waals surface area contributed by atoms with Crippen LogP contribution in [0.3, 0.4) is 0 Å². The third-order valence-electron chi connectivity index (χ3n) is 6.70. The second-order valence-electron chi connectivity index (χ2n) is 9.73. The molecule has 1 unspecified atom stereocenters. The fourth-order valence-corrected chi connectivity index (χ4v) is 4.55. The van der Waals surface area contributed by atoms with Crippen molar-refractivity contribution in [3.63, 3.8) is 0 Å². The van der Waals surface area contributed by atoms with Gasteiger partial charge in [-0.25, -0.2) is 4.98 Å². The Labute approximate surface area is 237 Å². The first-order valence-corrected chi connectivity index (χ1v) is 13.9. The van der Waals surface area contributed by atoms with E-state index in [4.69, 9.17) is 9.26 Å². The number of ether oxygens (including phenoxy) is 1. The van der Waals surface area contributed by atoms with Crippen LogP contribution < -0.4 is 10.1 Å². The Morgan fingerprint density at radius 1 is 1.20 bits per heavy atom. The molecule has 10 nitrogen and oxygen atoms in total. The predicted molar refractivity (Wildman–Crippen MR) is 153 cm³/mol. The number of nitrogens with one attached hydrogen (secondary N) is 1. The molecule has 2 aromatic heterocycles. The minimum atomic E-state index is -0.369. The first kappa shape index (κ1) is 32.3. The average molecular weight is 554 g/mol. The van der Waals surface area contributed by atoms with Gasteiger partial charge in [-0.1, -0.05) is 39.8 Å². The standard InChI is InChI=1S/C15H22N2O4.C13H15N3O.C2H6/c1-10(2)14(15(19)17-6-4-5-11(17)3)12-9-13(16-21-12)20-8-7-18;1-10(15-9-17)12-3-5-13(6-4-12)16-8-7-14-11(16)2;1-2/h7,9-11,14H,4-6,8H2,1-3H3;3-10H,1-2H3,(H,15,17);1-2H3/t11-,14?;10-;/m10./s1. The lowest BCUT2D eigenvalue weighted by Crippen LogP contribution is -2.38. The van der Waals surface area contributed by atoms with E-state index in [9.17, 15) is 14.4 Å². The lowest BCUT2D eigenvalue weighted by Gasteiger charge is -2.27. The summed E-state index contributed by atoms with van der Waals surface area (Å²) in [5.74, 6) is 1.49. The molecule has 0 radical (unpaired) electrons. The van der Waals surface area contributed by atoms with E-state index in [2.05, 4.69) is 22.4 Å². The van der Waals surface area contributed by atoms with Crippen molar-refractivity contribution < 1.29 is 23.6 Å². The van der Waals surface area contributed by atoms with Gasteiger partial charge in [0.2, 0.25) is 12.3 Å². The quantitative estimate of drug-likeness (QED) is 0.350. The van der Waals surface area contributed by atoms with Gasteiger partial charge < -0.3 is 24.0 Å². The molecule has 0 aliphatic carbocycles. The lowest BCUT2D eigenvalue weighted by molar-refractivity contribution is -0.135. The van der Waals surface area contributed by atoms with Gasteiger partial charge in [0, 0.05) is 36.7 Å². The summed E-state index contributed by atoms with van der Waals surface area (Å²) in [7, 11) is 0. The minimum Gasteiger partial charge on any atom is -0.468 e. The average Bonchev–Trinajstić information content (AvgIpc) is 3.70. The molecule has 2 amide bonds. The maximum atomic E-state index is 12.8. The SMILES string of the molecule is CC.CC(C)C(C(=O)N1CCC[C@H]1C)c1cc(OCC=O)no1.Cc1nccn1-c1ccc([C@H](C)NC=O)cc1. The van der Waals surface area contributed by atoms with E-state index in [1.807, 2.05) is 81.5 Å². The Hall–Kier alpha value is -3.95. The Morgan fingerprint density at radius 2 is 1.90 bits per heavy atom. The number of nitrogens with zero attached hydrogens (tertiary/aromatic N) is 4. The number of rotatable bonds is 10. The molecule has 0 spiro atoms. The van der Waals surface area contributed by atoms with Crippen LogP contribution in [0, 0.1) is 12.8 Å². The van der Waals surface area contributed by atoms with E-state index in [1.54, 1.807) is 12.3 Å². The molecular weight excluding hydrogens is 510 g/mol. The molecule has 1 aliphatic rings. The molecule has 1 N–H and O–H groups in total. The summed E-state index contributed by atoms with van der Waals surface area (Å²) in [6.45, 7) is 14.7. The van der Waals surface area contributed by atoms with Gasteiger partial charge >= 0.3 is 0 Å². The largest absolute Gasteiger partial charge is 0.468 e. The number of amides is 2. The molecule has 40 heavy (non-hydrogen) atoms. The van der Waals surface area contributed by atoms with Crippen LogP contribution in [0.25, 0.3) is 5.69 Å². The fourth-order valence-electron chi connectivity index (χ4n) is 4.55. The normalized spacial score (nSPS) is 15.7. The Balaban J connectivity index is 0.000000269. The number of hydrogen-bond acceptors (Lipinski definition) is 7. The van der Waals surface area contributed by atoms with Crippen molar-refractivity contribution in [2.75, 3.05) is 13.2 Å². The highest BCUT2D eigenvalue weighted by molar-refractivity contribution is 5.84. The summed E-state index contributed by atoms with van der Waals surface area (Å²) < 4.78 is 12.4. The van der Waals surface area contributed by atoms with Gasteiger partial charge in [0.1, 0.15) is 18.3 Å². The summed E-state index contributed by atoms with van der Waals surface area (Å²) in [6.07, 6.45) is 7.16. The summed E-state index contributed by atoms with van der Waals surface area (Å²) in [5, 5.41) is 6.49. The second kappa shape index (κ2) is 16.2. The van der Waals surface area contributed by atoms with Crippen LogP contribution in [-0.4, -0.2) is 57.4 Å². The van der Waals surface area contributed by atoms with Crippen LogP contribution in [0.1, 0.15) is 83.5 Å². The van der Waals surface area contributed by atoms with E-state index in [-0.39, 0.29) is 42.3 Å². The van der Waals surface area contributed by atoms with Crippen LogP contribution in [0.2, 0.25) is 0 Å². The summed E-state index contributed by atoms with van der Waals surface area (Å²) >= 11 is 0. The van der Waals surface area contributed by atoms with Gasteiger partial charge in [-0.2, -0.15) is 0 Å². The van der Waals surface area contributed by atoms with Crippen LogP contribution in [0.15, 0.2) is 47.2 Å². The van der Waals surface area contributed by atoms with Gasteiger partial charge in [0.05, 0.1) is 6.04 Å². The van der Waals surface area contributed by atoms with E-state index >= 15 is 0 Å². The van der Waals surface area contributed by atoms with Crippen LogP contribution in [0.4, 0.5) is 0 Å². The predicted octanol–water partition coefficient (Wildman–Crippen LogP) is 5.02. The minimum absolute atomic E-state index is 0.0328. The topological polar surface area (TPSA) is 120 Å². The van der Waals surface area contributed by atoms with Crippen molar-refractivity contribution in [1.29, 1.82) is 0 Å². The molecule has 218 valence electrons. The molecule has 0 bridgehead atoms. The molecular formula is C30H43N5O5. The number of imidazole rings is 1. The number of aryl methyl sites for hydroxylation is 1. The molecule has 1 aliphatic heterocycles. The van der Waals surface area contributed by atoms with Gasteiger partial charge in [-0.15, -0.1) is 0 Å². The number of benzene rings is 1. The summed E-state index contributed by atoms with van der Waals surface area (Å²) in [6, 6.07) is 9.97. The van der Waals surface area contributed by atoms with Crippen molar-refractivity contribution >= 4 is 18.6 Å². The first-order valence-electron chi connectivity index (χ1n) is 13.9. The number of likely N-dealkylation sites (tertiary alicyclic amines) is 1. The van der Waals surface area contributed by atoms with Crippen molar-refractivity contribution in [3.8, 4) is 11.6 Å². The molecule has 1 aromatic carbocycles. The zero-order chi connectivity index (χ0) is 29.7. The van der Waals surface area contributed by atoms with Gasteiger partial charge in [0.15, 0.2) is 12.0 Å². The number of hydrogen-bond donors (Lipinski definition) is 1. The highest BCUT2D eigenvalue weighted by atomic mass is 16.5. The summed E-state index contributed by atoms with van der Waals surface area (Å²) in [5.41, 5.74) is 2.15. The first-order chi connectivity index (χ1) is 19.3. The van der Waals surface area contributed by atoms with E-state index in [0.29, 0.717) is 12.0 Å². The number of aldehydes is 1. The van der Waals surface area contributed by atoms with Crippen molar-refractivity contribution in [2.24, 2.45) is 5.92 Å². The van der Waals surface area contributed by atoms with Crippen molar-refractivity contribution in [1.82, 2.24) is 24.9 Å². The molecule has 1 fully saturated rings. The van der Waals surface area contributed by atoms with E-state index in [0.717, 1.165) is 42.9 Å².